The first kappa shape index (κ1) is 19.1. The number of carbonyl (C=O) groups is 1. The van der Waals surface area contributed by atoms with Crippen LogP contribution < -0.4 is 4.74 Å². The number of hydrogen-bond donors (Lipinski definition) is 0. The van der Waals surface area contributed by atoms with Crippen molar-refractivity contribution in [3.8, 4) is 23.0 Å². The zero-order valence-corrected chi connectivity index (χ0v) is 16.7. The fourth-order valence-electron chi connectivity index (χ4n) is 3.43. The summed E-state index contributed by atoms with van der Waals surface area (Å²) in [6.45, 7) is 6.34. The van der Waals surface area contributed by atoms with E-state index in [-0.39, 0.29) is 5.91 Å². The highest BCUT2D eigenvalue weighted by Crippen LogP contribution is 2.23. The van der Waals surface area contributed by atoms with Crippen molar-refractivity contribution in [3.05, 3.63) is 54.5 Å². The van der Waals surface area contributed by atoms with Crippen LogP contribution >= 0.6 is 0 Å². The predicted molar refractivity (Wildman–Crippen MR) is 109 cm³/mol. The van der Waals surface area contributed by atoms with Crippen molar-refractivity contribution in [2.45, 2.75) is 6.92 Å². The molecule has 1 aliphatic heterocycles. The molecule has 0 unspecified atom stereocenters. The molecule has 0 aliphatic carbocycles. The van der Waals surface area contributed by atoms with Gasteiger partial charge in [0.25, 0.3) is 5.91 Å². The van der Waals surface area contributed by atoms with E-state index >= 15 is 0 Å². The van der Waals surface area contributed by atoms with E-state index in [1.807, 2.05) is 29.2 Å². The molecule has 4 rings (SSSR count). The van der Waals surface area contributed by atoms with Gasteiger partial charge in [0.2, 0.25) is 5.88 Å². The highest BCUT2D eigenvalue weighted by Gasteiger charge is 2.25. The summed E-state index contributed by atoms with van der Waals surface area (Å²) in [6, 6.07) is 11.1. The highest BCUT2D eigenvalue weighted by molar-refractivity contribution is 5.93. The minimum Gasteiger partial charge on any atom is -0.481 e. The van der Waals surface area contributed by atoms with E-state index in [9.17, 15) is 4.79 Å². The van der Waals surface area contributed by atoms with Gasteiger partial charge >= 0.3 is 0 Å². The minimum atomic E-state index is -0.0573. The molecule has 1 amide bonds. The molecule has 0 atom stereocenters. The quantitative estimate of drug-likeness (QED) is 0.662. The summed E-state index contributed by atoms with van der Waals surface area (Å²) >= 11 is 0. The number of aromatic nitrogens is 4. The van der Waals surface area contributed by atoms with E-state index in [1.54, 1.807) is 36.3 Å². The molecule has 3 aromatic heterocycles. The monoisotopic (exact) mass is 392 g/mol. The van der Waals surface area contributed by atoms with Crippen LogP contribution in [-0.2, 0) is 0 Å². The van der Waals surface area contributed by atoms with Gasteiger partial charge in [-0.2, -0.15) is 5.10 Å². The smallest absolute Gasteiger partial charge is 0.274 e. The van der Waals surface area contributed by atoms with Gasteiger partial charge < -0.3 is 14.5 Å². The third-order valence-electron chi connectivity index (χ3n) is 5.14. The number of piperazine rings is 1. The van der Waals surface area contributed by atoms with Gasteiger partial charge in [-0.3, -0.25) is 9.78 Å². The van der Waals surface area contributed by atoms with Crippen molar-refractivity contribution in [1.29, 1.82) is 0 Å². The maximum absolute atomic E-state index is 13.1. The van der Waals surface area contributed by atoms with Gasteiger partial charge in [-0.05, 0) is 30.8 Å². The van der Waals surface area contributed by atoms with Crippen molar-refractivity contribution in [3.63, 3.8) is 0 Å². The fourth-order valence-corrected chi connectivity index (χ4v) is 3.43. The Morgan fingerprint density at radius 2 is 1.93 bits per heavy atom. The molecule has 1 saturated heterocycles. The Hall–Kier alpha value is -3.26. The normalized spacial score (nSPS) is 14.8. The summed E-state index contributed by atoms with van der Waals surface area (Å²) in [6.07, 6.45) is 3.40. The number of methoxy groups -OCH3 is 1. The molecule has 29 heavy (non-hydrogen) atoms. The van der Waals surface area contributed by atoms with E-state index in [0.717, 1.165) is 36.7 Å². The van der Waals surface area contributed by atoms with Crippen LogP contribution in [0.15, 0.2) is 48.8 Å². The highest BCUT2D eigenvalue weighted by atomic mass is 16.5. The van der Waals surface area contributed by atoms with Gasteiger partial charge in [0, 0.05) is 38.4 Å². The summed E-state index contributed by atoms with van der Waals surface area (Å²) in [5, 5.41) is 4.62. The lowest BCUT2D eigenvalue weighted by Gasteiger charge is -2.33. The van der Waals surface area contributed by atoms with Crippen molar-refractivity contribution in [1.82, 2.24) is 29.5 Å². The Bertz CT molecular complexity index is 963. The molecule has 1 fully saturated rings. The molecule has 4 heterocycles. The molecule has 0 radical (unpaired) electrons. The number of pyridine rings is 2. The van der Waals surface area contributed by atoms with Gasteiger partial charge in [0.15, 0.2) is 5.69 Å². The molecule has 8 nitrogen and oxygen atoms in total. The van der Waals surface area contributed by atoms with Crippen molar-refractivity contribution in [2.24, 2.45) is 0 Å². The average molecular weight is 392 g/mol. The Balaban J connectivity index is 1.68. The zero-order chi connectivity index (χ0) is 20.2. The molecule has 0 aromatic carbocycles. The van der Waals surface area contributed by atoms with Crippen LogP contribution in [0.25, 0.3) is 17.1 Å². The molecule has 1 aliphatic rings. The second kappa shape index (κ2) is 8.40. The van der Waals surface area contributed by atoms with Gasteiger partial charge in [0.05, 0.1) is 30.4 Å². The van der Waals surface area contributed by atoms with Crippen molar-refractivity contribution >= 4 is 5.91 Å². The summed E-state index contributed by atoms with van der Waals surface area (Å²) < 4.78 is 6.86. The van der Waals surface area contributed by atoms with E-state index in [1.165, 1.54) is 0 Å². The third kappa shape index (κ3) is 3.97. The number of hydrogen-bond acceptors (Lipinski definition) is 6. The van der Waals surface area contributed by atoms with E-state index in [4.69, 9.17) is 4.74 Å². The second-order valence-corrected chi connectivity index (χ2v) is 6.83. The number of ether oxygens (including phenoxy) is 1. The Morgan fingerprint density at radius 3 is 2.55 bits per heavy atom. The summed E-state index contributed by atoms with van der Waals surface area (Å²) in [5.41, 5.74) is 2.63. The number of amides is 1. The summed E-state index contributed by atoms with van der Waals surface area (Å²) in [5.74, 6) is 0.462. The first-order valence-electron chi connectivity index (χ1n) is 9.73. The topological polar surface area (TPSA) is 76.4 Å². The SMILES string of the molecule is CCN1CCN(C(=O)c2cc(-c3ccccn3)n(-c3ccc(OC)nc3)n2)CC1. The van der Waals surface area contributed by atoms with Gasteiger partial charge in [-0.1, -0.05) is 13.0 Å². The second-order valence-electron chi connectivity index (χ2n) is 6.83. The summed E-state index contributed by atoms with van der Waals surface area (Å²) in [4.78, 5) is 26.0. The van der Waals surface area contributed by atoms with Gasteiger partial charge in [-0.15, -0.1) is 0 Å². The van der Waals surface area contributed by atoms with Crippen LogP contribution in [0.1, 0.15) is 17.4 Å². The molecular formula is C21H24N6O2. The molecule has 0 saturated carbocycles. The number of rotatable bonds is 5. The molecule has 3 aromatic rings. The standard InChI is InChI=1S/C21H24N6O2/c1-3-25-10-12-26(13-11-25)21(28)18-14-19(17-6-4-5-9-22-17)27(24-18)16-7-8-20(29-2)23-15-16/h4-9,14-15H,3,10-13H2,1-2H3. The van der Waals surface area contributed by atoms with Crippen molar-refractivity contribution in [2.75, 3.05) is 39.8 Å². The van der Waals surface area contributed by atoms with Gasteiger partial charge in [0.1, 0.15) is 0 Å². The summed E-state index contributed by atoms with van der Waals surface area (Å²) in [7, 11) is 1.57. The Kier molecular flexibility index (Phi) is 5.53. The van der Waals surface area contributed by atoms with E-state index in [0.29, 0.717) is 24.7 Å². The zero-order valence-electron chi connectivity index (χ0n) is 16.7. The molecule has 0 bridgehead atoms. The fraction of sp³-hybridized carbons (Fsp3) is 0.333. The third-order valence-corrected chi connectivity index (χ3v) is 5.14. The van der Waals surface area contributed by atoms with E-state index in [2.05, 4.69) is 26.9 Å². The largest absolute Gasteiger partial charge is 0.481 e. The maximum atomic E-state index is 13.1. The Morgan fingerprint density at radius 1 is 1.10 bits per heavy atom. The maximum Gasteiger partial charge on any atom is 0.274 e. The van der Waals surface area contributed by atoms with Gasteiger partial charge in [-0.25, -0.2) is 9.67 Å². The first-order chi connectivity index (χ1) is 14.2. The Labute approximate surface area is 169 Å². The number of carbonyl (C=O) groups excluding carboxylic acids is 1. The van der Waals surface area contributed by atoms with Crippen LogP contribution in [0.4, 0.5) is 0 Å². The van der Waals surface area contributed by atoms with Crippen LogP contribution in [-0.4, -0.2) is 75.3 Å². The predicted octanol–water partition coefficient (Wildman–Crippen LogP) is 2.12. The van der Waals surface area contributed by atoms with Crippen LogP contribution in [0.5, 0.6) is 5.88 Å². The first-order valence-corrected chi connectivity index (χ1v) is 9.73. The molecule has 150 valence electrons. The lowest BCUT2D eigenvalue weighted by Crippen LogP contribution is -2.48. The number of nitrogens with zero attached hydrogens (tertiary/aromatic N) is 6. The molecular weight excluding hydrogens is 368 g/mol. The average Bonchev–Trinajstić information content (AvgIpc) is 3.25. The number of likely N-dealkylation sites (N-methyl/N-ethyl adjacent to an activating group) is 1. The van der Waals surface area contributed by atoms with Crippen LogP contribution in [0.2, 0.25) is 0 Å². The lowest BCUT2D eigenvalue weighted by atomic mass is 10.2. The molecule has 8 heteroatoms. The lowest BCUT2D eigenvalue weighted by molar-refractivity contribution is 0.0637. The van der Waals surface area contributed by atoms with Crippen molar-refractivity contribution < 1.29 is 9.53 Å². The molecule has 0 N–H and O–H groups in total. The molecule has 0 spiro atoms. The van der Waals surface area contributed by atoms with Crippen LogP contribution in [0, 0.1) is 0 Å². The minimum absolute atomic E-state index is 0.0573. The van der Waals surface area contributed by atoms with E-state index < -0.39 is 0 Å². The van der Waals surface area contributed by atoms with Crippen LogP contribution in [0.3, 0.4) is 0 Å².